The topological polar surface area (TPSA) is 41.3 Å². The lowest BCUT2D eigenvalue weighted by atomic mass is 10.4. The zero-order valence-corrected chi connectivity index (χ0v) is 7.89. The Bertz CT molecular complexity index is 153. The summed E-state index contributed by atoms with van der Waals surface area (Å²) in [7, 11) is 0. The summed E-state index contributed by atoms with van der Waals surface area (Å²) in [6.07, 6.45) is 0. The number of hydrogen-bond acceptors (Lipinski definition) is 4. The molecule has 1 saturated heterocycles. The predicted molar refractivity (Wildman–Crippen MR) is 52.9 cm³/mol. The van der Waals surface area contributed by atoms with Gasteiger partial charge in [0.2, 0.25) is 0 Å². The van der Waals surface area contributed by atoms with Crippen molar-refractivity contribution in [1.82, 2.24) is 10.3 Å². The molecule has 3 nitrogen and oxygen atoms in total. The summed E-state index contributed by atoms with van der Waals surface area (Å²) >= 11 is 1.71. The summed E-state index contributed by atoms with van der Waals surface area (Å²) in [5.41, 5.74) is 0. The maximum absolute atomic E-state index is 5.43. The molecule has 0 atom stereocenters. The maximum atomic E-state index is 5.43. The summed E-state index contributed by atoms with van der Waals surface area (Å²) in [6, 6.07) is 4.04. The largest absolute Gasteiger partial charge is 0.314 e. The summed E-state index contributed by atoms with van der Waals surface area (Å²) in [5, 5.41) is 9.11. The molecule has 1 aliphatic heterocycles. The number of nitrogens with zero attached hydrogens (tertiary/aromatic N) is 1. The molecule has 0 unspecified atom stereocenters. The third-order valence-electron chi connectivity index (χ3n) is 1.58. The minimum atomic E-state index is 0.986. The van der Waals surface area contributed by atoms with Gasteiger partial charge < -0.3 is 5.32 Å². The molecule has 0 bridgehead atoms. The van der Waals surface area contributed by atoms with Crippen molar-refractivity contribution in [2.75, 3.05) is 26.2 Å². The van der Waals surface area contributed by atoms with Crippen LogP contribution in [0.2, 0.25) is 0 Å². The quantitative estimate of drug-likeness (QED) is 0.579. The molecule has 0 aliphatic carbocycles. The highest BCUT2D eigenvalue weighted by Gasteiger charge is 2.01. The fourth-order valence-electron chi connectivity index (χ4n) is 0.909. The molecule has 1 fully saturated rings. The van der Waals surface area contributed by atoms with Crippen molar-refractivity contribution in [2.24, 2.45) is 5.84 Å². The van der Waals surface area contributed by atoms with Crippen LogP contribution in [0.4, 0.5) is 0 Å². The summed E-state index contributed by atoms with van der Waals surface area (Å²) in [6.45, 7) is 4.05. The van der Waals surface area contributed by atoms with Gasteiger partial charge in [-0.3, -0.25) is 5.84 Å². The van der Waals surface area contributed by atoms with Crippen molar-refractivity contribution in [1.29, 1.82) is 0 Å². The van der Waals surface area contributed by atoms with Crippen LogP contribution in [-0.2, 0) is 0 Å². The smallest absolute Gasteiger partial charge is 0.0254 e. The van der Waals surface area contributed by atoms with Crippen LogP contribution in [0.25, 0.3) is 0 Å². The first kappa shape index (κ1) is 9.67. The van der Waals surface area contributed by atoms with Gasteiger partial charge in [0.25, 0.3) is 0 Å². The molecule has 0 amide bonds. The molecule has 2 heterocycles. The summed E-state index contributed by atoms with van der Waals surface area (Å²) in [4.78, 5) is 0. The van der Waals surface area contributed by atoms with Crippen molar-refractivity contribution >= 4 is 11.3 Å². The number of rotatable bonds is 0. The minimum Gasteiger partial charge on any atom is -0.314 e. The molecule has 12 heavy (non-hydrogen) atoms. The molecule has 2 rings (SSSR count). The Labute approximate surface area is 77.2 Å². The Hall–Kier alpha value is -0.420. The van der Waals surface area contributed by atoms with Gasteiger partial charge in [-0.05, 0) is 10.8 Å². The van der Waals surface area contributed by atoms with E-state index in [1.807, 2.05) is 27.9 Å². The summed E-state index contributed by atoms with van der Waals surface area (Å²) < 4.78 is 0. The second-order valence-electron chi connectivity index (χ2n) is 2.58. The van der Waals surface area contributed by atoms with Gasteiger partial charge >= 0.3 is 0 Å². The molecule has 4 heteroatoms. The van der Waals surface area contributed by atoms with E-state index in [1.165, 1.54) is 0 Å². The SMILES string of the molecule is NN1CCNCC1.c1ccsc1. The molecule has 0 radical (unpaired) electrons. The molecule has 0 aromatic carbocycles. The fourth-order valence-corrected chi connectivity index (χ4v) is 1.36. The van der Waals surface area contributed by atoms with E-state index in [0.717, 1.165) is 26.2 Å². The Kier molecular flexibility index (Phi) is 4.94. The van der Waals surface area contributed by atoms with Crippen molar-refractivity contribution in [2.45, 2.75) is 0 Å². The van der Waals surface area contributed by atoms with Crippen LogP contribution in [0.15, 0.2) is 22.9 Å². The molecular weight excluding hydrogens is 170 g/mol. The third kappa shape index (κ3) is 4.46. The van der Waals surface area contributed by atoms with Crippen LogP contribution in [-0.4, -0.2) is 31.2 Å². The fraction of sp³-hybridized carbons (Fsp3) is 0.500. The van der Waals surface area contributed by atoms with Gasteiger partial charge in [-0.15, -0.1) is 0 Å². The van der Waals surface area contributed by atoms with Gasteiger partial charge in [-0.25, -0.2) is 5.01 Å². The van der Waals surface area contributed by atoms with Gasteiger partial charge in [0.15, 0.2) is 0 Å². The maximum Gasteiger partial charge on any atom is 0.0254 e. The highest BCUT2D eigenvalue weighted by molar-refractivity contribution is 7.07. The molecule has 1 aromatic rings. The lowest BCUT2D eigenvalue weighted by molar-refractivity contribution is 0.248. The van der Waals surface area contributed by atoms with Gasteiger partial charge in [0.1, 0.15) is 0 Å². The number of piperazine rings is 1. The standard InChI is InChI=1S/C4H11N3.C4H4S/c5-7-3-1-6-2-4-7;1-2-4-5-3-1/h6H,1-5H2;1-4H. The number of hydrazine groups is 1. The molecule has 1 aliphatic rings. The van der Waals surface area contributed by atoms with Crippen molar-refractivity contribution in [3.8, 4) is 0 Å². The van der Waals surface area contributed by atoms with E-state index in [9.17, 15) is 0 Å². The Morgan fingerprint density at radius 1 is 1.17 bits per heavy atom. The number of hydrogen-bond donors (Lipinski definition) is 2. The van der Waals surface area contributed by atoms with Gasteiger partial charge in [-0.1, -0.05) is 12.1 Å². The van der Waals surface area contributed by atoms with E-state index in [4.69, 9.17) is 5.84 Å². The highest BCUT2D eigenvalue weighted by Crippen LogP contribution is 1.91. The average Bonchev–Trinajstić information content (AvgIpc) is 2.62. The van der Waals surface area contributed by atoms with Crippen LogP contribution >= 0.6 is 11.3 Å². The Balaban J connectivity index is 0.000000127. The first-order valence-electron chi connectivity index (χ1n) is 4.07. The second kappa shape index (κ2) is 6.14. The van der Waals surface area contributed by atoms with E-state index in [2.05, 4.69) is 5.32 Å². The second-order valence-corrected chi connectivity index (χ2v) is 3.40. The average molecular weight is 185 g/mol. The van der Waals surface area contributed by atoms with Gasteiger partial charge in [0.05, 0.1) is 0 Å². The van der Waals surface area contributed by atoms with Crippen LogP contribution in [0.1, 0.15) is 0 Å². The van der Waals surface area contributed by atoms with Crippen LogP contribution in [0.3, 0.4) is 0 Å². The first-order valence-corrected chi connectivity index (χ1v) is 5.01. The number of nitrogens with one attached hydrogen (secondary N) is 1. The molecule has 68 valence electrons. The van der Waals surface area contributed by atoms with E-state index in [0.29, 0.717) is 0 Å². The van der Waals surface area contributed by atoms with E-state index < -0.39 is 0 Å². The monoisotopic (exact) mass is 185 g/mol. The summed E-state index contributed by atoms with van der Waals surface area (Å²) in [5.74, 6) is 5.43. The van der Waals surface area contributed by atoms with Crippen molar-refractivity contribution in [3.63, 3.8) is 0 Å². The number of thiophene rings is 1. The van der Waals surface area contributed by atoms with Crippen LogP contribution in [0, 0.1) is 0 Å². The number of nitrogens with two attached hydrogens (primary N) is 1. The zero-order valence-electron chi connectivity index (χ0n) is 7.07. The first-order chi connectivity index (χ1) is 5.89. The van der Waals surface area contributed by atoms with E-state index >= 15 is 0 Å². The normalized spacial score (nSPS) is 18.1. The van der Waals surface area contributed by atoms with Gasteiger partial charge in [0, 0.05) is 26.2 Å². The van der Waals surface area contributed by atoms with Crippen LogP contribution in [0.5, 0.6) is 0 Å². The minimum absolute atomic E-state index is 0.986. The third-order valence-corrected chi connectivity index (χ3v) is 2.21. The van der Waals surface area contributed by atoms with Crippen molar-refractivity contribution < 1.29 is 0 Å². The molecule has 0 saturated carbocycles. The lowest BCUT2D eigenvalue weighted by Gasteiger charge is -2.21. The van der Waals surface area contributed by atoms with E-state index in [-0.39, 0.29) is 0 Å². The predicted octanol–water partition coefficient (Wildman–Crippen LogP) is 0.513. The van der Waals surface area contributed by atoms with Crippen LogP contribution < -0.4 is 11.2 Å². The molecule has 3 N–H and O–H groups in total. The molecule has 0 spiro atoms. The van der Waals surface area contributed by atoms with Gasteiger partial charge in [-0.2, -0.15) is 11.3 Å². The Morgan fingerprint density at radius 3 is 2.00 bits per heavy atom. The van der Waals surface area contributed by atoms with Crippen molar-refractivity contribution in [3.05, 3.63) is 22.9 Å². The lowest BCUT2D eigenvalue weighted by Crippen LogP contribution is -2.47. The van der Waals surface area contributed by atoms with E-state index in [1.54, 1.807) is 11.3 Å². The zero-order chi connectivity index (χ0) is 8.65. The molecule has 1 aromatic heterocycles. The Morgan fingerprint density at radius 2 is 1.75 bits per heavy atom. The molecular formula is C8H15N3S. The highest BCUT2D eigenvalue weighted by atomic mass is 32.1.